The molecular formula is C11H25NO4S. The van der Waals surface area contributed by atoms with Gasteiger partial charge in [0, 0.05) is 12.9 Å². The molecule has 0 fully saturated rings. The van der Waals surface area contributed by atoms with Gasteiger partial charge in [0.2, 0.25) is 0 Å². The Balaban J connectivity index is -0.000000439. The largest absolute Gasteiger partial charge is 0.444 e. The van der Waals surface area contributed by atoms with E-state index >= 15 is 0 Å². The maximum absolute atomic E-state index is 11.1. The lowest BCUT2D eigenvalue weighted by atomic mass is 10.2. The highest BCUT2D eigenvalue weighted by Gasteiger charge is 2.18. The first-order valence-corrected chi connectivity index (χ1v) is 6.02. The molecule has 0 aromatic heterocycles. The Hall–Kier alpha value is -0.750. The average molecular weight is 267 g/mol. The van der Waals surface area contributed by atoms with Gasteiger partial charge in [0.05, 0.1) is 6.04 Å². The SMILES string of the molecule is CC.CC(C)(C)OC(=O)NC(C=O)CS.CO. The van der Waals surface area contributed by atoms with Gasteiger partial charge in [-0.15, -0.1) is 0 Å². The molecule has 0 aliphatic heterocycles. The Bertz CT molecular complexity index is 192. The van der Waals surface area contributed by atoms with Crippen LogP contribution in [0.1, 0.15) is 34.6 Å². The van der Waals surface area contributed by atoms with Gasteiger partial charge in [-0.3, -0.25) is 0 Å². The quantitative estimate of drug-likeness (QED) is 0.537. The van der Waals surface area contributed by atoms with E-state index in [1.165, 1.54) is 0 Å². The Kier molecular flexibility index (Phi) is 16.9. The second-order valence-electron chi connectivity index (χ2n) is 3.57. The standard InChI is InChI=1S/C8H15NO3S.C2H6.CH4O/c1-8(2,3)12-7(11)9-6(4-10)5-13;2*1-2/h4,6,13H,5H2,1-3H3,(H,9,11);1-2H3;2H,1H3. The van der Waals surface area contributed by atoms with Gasteiger partial charge in [0.15, 0.2) is 0 Å². The molecule has 0 spiro atoms. The number of thiol groups is 1. The topological polar surface area (TPSA) is 75.6 Å². The molecule has 0 bridgehead atoms. The normalized spacial score (nSPS) is 10.8. The van der Waals surface area contributed by atoms with E-state index in [9.17, 15) is 9.59 Å². The molecule has 0 aliphatic rings. The van der Waals surface area contributed by atoms with Crippen LogP contribution in [0.2, 0.25) is 0 Å². The average Bonchev–Trinajstić information content (AvgIpc) is 2.29. The van der Waals surface area contributed by atoms with E-state index in [0.717, 1.165) is 7.11 Å². The Morgan fingerprint density at radius 3 is 2.06 bits per heavy atom. The molecule has 0 rings (SSSR count). The molecule has 0 aromatic carbocycles. The number of aliphatic hydroxyl groups is 1. The molecule has 5 nitrogen and oxygen atoms in total. The smallest absolute Gasteiger partial charge is 0.408 e. The van der Waals surface area contributed by atoms with E-state index in [-0.39, 0.29) is 5.75 Å². The van der Waals surface area contributed by atoms with Crippen LogP contribution in [0.25, 0.3) is 0 Å². The van der Waals surface area contributed by atoms with Crippen molar-refractivity contribution in [2.45, 2.75) is 46.3 Å². The van der Waals surface area contributed by atoms with E-state index in [0.29, 0.717) is 6.29 Å². The van der Waals surface area contributed by atoms with Gasteiger partial charge in [-0.1, -0.05) is 13.8 Å². The lowest BCUT2D eigenvalue weighted by Crippen LogP contribution is -2.40. The van der Waals surface area contributed by atoms with Crippen LogP contribution in [0.3, 0.4) is 0 Å². The van der Waals surface area contributed by atoms with Crippen LogP contribution in [0.4, 0.5) is 4.79 Å². The zero-order valence-corrected chi connectivity index (χ0v) is 12.4. The highest BCUT2D eigenvalue weighted by atomic mass is 32.1. The summed E-state index contributed by atoms with van der Waals surface area (Å²) in [4.78, 5) is 21.4. The number of aldehydes is 1. The van der Waals surface area contributed by atoms with E-state index < -0.39 is 17.7 Å². The summed E-state index contributed by atoms with van der Waals surface area (Å²) in [5, 5.41) is 9.37. The van der Waals surface area contributed by atoms with Crippen molar-refractivity contribution >= 4 is 25.0 Å². The fraction of sp³-hybridized carbons (Fsp3) is 0.818. The monoisotopic (exact) mass is 267 g/mol. The predicted molar refractivity (Wildman–Crippen MR) is 72.6 cm³/mol. The summed E-state index contributed by atoms with van der Waals surface area (Å²) in [6.07, 6.45) is 0.0235. The molecule has 1 atom stereocenters. The first-order valence-electron chi connectivity index (χ1n) is 5.39. The number of carbonyl (C=O) groups is 2. The highest BCUT2D eigenvalue weighted by Crippen LogP contribution is 2.06. The van der Waals surface area contributed by atoms with Crippen LogP contribution in [0.15, 0.2) is 0 Å². The van der Waals surface area contributed by atoms with Gasteiger partial charge >= 0.3 is 6.09 Å². The number of carbonyl (C=O) groups excluding carboxylic acids is 2. The highest BCUT2D eigenvalue weighted by molar-refractivity contribution is 7.80. The summed E-state index contributed by atoms with van der Waals surface area (Å²) >= 11 is 3.88. The Morgan fingerprint density at radius 2 is 1.82 bits per heavy atom. The lowest BCUT2D eigenvalue weighted by Gasteiger charge is -2.20. The number of hydrogen-bond donors (Lipinski definition) is 3. The van der Waals surface area contributed by atoms with Crippen LogP contribution in [-0.4, -0.2) is 42.0 Å². The minimum Gasteiger partial charge on any atom is -0.444 e. The van der Waals surface area contributed by atoms with Crippen molar-refractivity contribution in [3.8, 4) is 0 Å². The van der Waals surface area contributed by atoms with Crippen molar-refractivity contribution in [3.63, 3.8) is 0 Å². The molecule has 17 heavy (non-hydrogen) atoms. The van der Waals surface area contributed by atoms with Crippen molar-refractivity contribution in [1.29, 1.82) is 0 Å². The van der Waals surface area contributed by atoms with Crippen LogP contribution >= 0.6 is 12.6 Å². The molecule has 6 heteroatoms. The molecular weight excluding hydrogens is 242 g/mol. The number of aliphatic hydroxyl groups excluding tert-OH is 1. The molecule has 0 saturated heterocycles. The molecule has 1 unspecified atom stereocenters. The van der Waals surface area contributed by atoms with Gasteiger partial charge in [0.25, 0.3) is 0 Å². The summed E-state index contributed by atoms with van der Waals surface area (Å²) in [5.74, 6) is 0.267. The van der Waals surface area contributed by atoms with Crippen molar-refractivity contribution < 1.29 is 19.4 Å². The van der Waals surface area contributed by atoms with Crippen LogP contribution < -0.4 is 5.32 Å². The second kappa shape index (κ2) is 13.3. The molecule has 0 saturated carbocycles. The summed E-state index contributed by atoms with van der Waals surface area (Å²) < 4.78 is 4.93. The van der Waals surface area contributed by atoms with Gasteiger partial charge in [-0.2, -0.15) is 12.6 Å². The summed E-state index contributed by atoms with van der Waals surface area (Å²) in [7, 11) is 1.00. The maximum atomic E-state index is 11.1. The van der Waals surface area contributed by atoms with Crippen molar-refractivity contribution in [1.82, 2.24) is 5.32 Å². The first-order chi connectivity index (χ1) is 7.89. The van der Waals surface area contributed by atoms with Gasteiger partial charge in [0.1, 0.15) is 11.9 Å². The van der Waals surface area contributed by atoms with Crippen molar-refractivity contribution in [3.05, 3.63) is 0 Å². The third kappa shape index (κ3) is 17.8. The fourth-order valence-corrected chi connectivity index (χ4v) is 0.759. The molecule has 0 radical (unpaired) electrons. The number of nitrogens with one attached hydrogen (secondary N) is 1. The number of hydrogen-bond acceptors (Lipinski definition) is 5. The van der Waals surface area contributed by atoms with Crippen LogP contribution in [0.5, 0.6) is 0 Å². The van der Waals surface area contributed by atoms with E-state index in [1.807, 2.05) is 13.8 Å². The molecule has 2 N–H and O–H groups in total. The summed E-state index contributed by atoms with van der Waals surface area (Å²) in [6, 6.07) is -0.585. The second-order valence-corrected chi connectivity index (χ2v) is 3.94. The number of rotatable bonds is 3. The Labute approximate surface area is 109 Å². The van der Waals surface area contributed by atoms with E-state index in [4.69, 9.17) is 9.84 Å². The van der Waals surface area contributed by atoms with Crippen molar-refractivity contribution in [2.75, 3.05) is 12.9 Å². The molecule has 0 aliphatic carbocycles. The number of amides is 1. The van der Waals surface area contributed by atoms with E-state index in [1.54, 1.807) is 20.8 Å². The summed E-state index contributed by atoms with van der Waals surface area (Å²) in [5.41, 5.74) is -0.548. The minimum absolute atomic E-state index is 0.267. The number of alkyl carbamates (subject to hydrolysis) is 1. The van der Waals surface area contributed by atoms with Gasteiger partial charge < -0.3 is 20.0 Å². The van der Waals surface area contributed by atoms with Crippen LogP contribution in [-0.2, 0) is 9.53 Å². The van der Waals surface area contributed by atoms with E-state index in [2.05, 4.69) is 17.9 Å². The minimum atomic E-state index is -0.598. The van der Waals surface area contributed by atoms with Crippen molar-refractivity contribution in [2.24, 2.45) is 0 Å². The first kappa shape index (κ1) is 21.5. The molecule has 1 amide bonds. The maximum Gasteiger partial charge on any atom is 0.408 e. The third-order valence-electron chi connectivity index (χ3n) is 1.06. The zero-order chi connectivity index (χ0) is 14.5. The molecule has 0 aromatic rings. The van der Waals surface area contributed by atoms with Gasteiger partial charge in [-0.05, 0) is 20.8 Å². The summed E-state index contributed by atoms with van der Waals surface area (Å²) in [6.45, 7) is 9.26. The van der Waals surface area contributed by atoms with Gasteiger partial charge in [-0.25, -0.2) is 4.79 Å². The van der Waals surface area contributed by atoms with Crippen LogP contribution in [0, 0.1) is 0 Å². The third-order valence-corrected chi connectivity index (χ3v) is 1.46. The predicted octanol–water partition coefficient (Wildman–Crippen LogP) is 1.64. The fourth-order valence-electron chi connectivity index (χ4n) is 0.582. The Morgan fingerprint density at radius 1 is 1.41 bits per heavy atom. The molecule has 0 heterocycles. The number of ether oxygens (including phenoxy) is 1. The lowest BCUT2D eigenvalue weighted by molar-refractivity contribution is -0.109. The zero-order valence-electron chi connectivity index (χ0n) is 11.5. The molecule has 104 valence electrons.